The molecule has 1 aliphatic rings. The number of piperidine rings is 1. The number of likely N-dealkylation sites (tertiary alicyclic amines) is 1. The van der Waals surface area contributed by atoms with Crippen LogP contribution in [-0.4, -0.2) is 41.7 Å². The minimum absolute atomic E-state index is 0.197. The Morgan fingerprint density at radius 1 is 1.20 bits per heavy atom. The number of thiophene rings is 1. The molecule has 6 heteroatoms. The molecule has 1 aromatic carbocycles. The van der Waals surface area contributed by atoms with Crippen LogP contribution in [-0.2, 0) is 6.54 Å². The fourth-order valence-corrected chi connectivity index (χ4v) is 3.80. The normalized spacial score (nSPS) is 17.2. The molecule has 0 spiro atoms. The molecule has 0 radical (unpaired) electrons. The molecule has 1 fully saturated rings. The maximum absolute atomic E-state index is 12.0. The summed E-state index contributed by atoms with van der Waals surface area (Å²) < 4.78 is 0. The van der Waals surface area contributed by atoms with Crippen LogP contribution in [0.2, 0.25) is 0 Å². The molecule has 134 valence electrons. The third kappa shape index (κ3) is 5.56. The van der Waals surface area contributed by atoms with Gasteiger partial charge in [0.25, 0.3) is 0 Å². The van der Waals surface area contributed by atoms with Gasteiger partial charge in [-0.15, -0.1) is 11.3 Å². The molecule has 0 aliphatic carbocycles. The molecule has 2 heterocycles. The van der Waals surface area contributed by atoms with Crippen LogP contribution in [0.5, 0.6) is 0 Å². The summed E-state index contributed by atoms with van der Waals surface area (Å²) in [5.41, 5.74) is 1.33. The number of rotatable bonds is 6. The van der Waals surface area contributed by atoms with E-state index in [1.807, 2.05) is 23.6 Å². The van der Waals surface area contributed by atoms with E-state index in [1.54, 1.807) is 0 Å². The first-order valence-electron chi connectivity index (χ1n) is 8.73. The van der Waals surface area contributed by atoms with E-state index in [9.17, 15) is 9.90 Å². The third-order valence-corrected chi connectivity index (χ3v) is 5.47. The average molecular weight is 359 g/mol. The topological polar surface area (TPSA) is 64.6 Å². The summed E-state index contributed by atoms with van der Waals surface area (Å²) in [6, 6.07) is 14.2. The number of nitrogens with zero attached hydrogens (tertiary/aromatic N) is 1. The number of benzene rings is 1. The number of urea groups is 1. The SMILES string of the molecule is O=C(NCC(O)c1cccs1)NC1CCN(Cc2ccccc2)CC1. The summed E-state index contributed by atoms with van der Waals surface area (Å²) in [6.45, 7) is 3.17. The number of nitrogens with one attached hydrogen (secondary N) is 2. The largest absolute Gasteiger partial charge is 0.386 e. The van der Waals surface area contributed by atoms with E-state index in [2.05, 4.69) is 39.8 Å². The molecule has 1 atom stereocenters. The highest BCUT2D eigenvalue weighted by Crippen LogP contribution is 2.18. The first kappa shape index (κ1) is 17.9. The van der Waals surface area contributed by atoms with Gasteiger partial charge in [-0.2, -0.15) is 0 Å². The van der Waals surface area contributed by atoms with Gasteiger partial charge in [0.1, 0.15) is 6.10 Å². The average Bonchev–Trinajstić information content (AvgIpc) is 3.17. The van der Waals surface area contributed by atoms with E-state index in [4.69, 9.17) is 0 Å². The highest BCUT2D eigenvalue weighted by molar-refractivity contribution is 7.10. The predicted octanol–water partition coefficient (Wildman–Crippen LogP) is 2.75. The molecule has 2 aromatic rings. The minimum atomic E-state index is -0.640. The van der Waals surface area contributed by atoms with Crippen molar-refractivity contribution >= 4 is 17.4 Å². The van der Waals surface area contributed by atoms with E-state index in [0.717, 1.165) is 37.4 Å². The second-order valence-electron chi connectivity index (χ2n) is 6.42. The molecule has 0 saturated carbocycles. The van der Waals surface area contributed by atoms with Gasteiger partial charge in [-0.25, -0.2) is 4.79 Å². The smallest absolute Gasteiger partial charge is 0.315 e. The standard InChI is InChI=1S/C19H25N3O2S/c23-17(18-7-4-12-25-18)13-20-19(24)21-16-8-10-22(11-9-16)14-15-5-2-1-3-6-15/h1-7,12,16-17,23H,8-11,13-14H2,(H2,20,21,24). The van der Waals surface area contributed by atoms with Crippen LogP contribution in [0.1, 0.15) is 29.4 Å². The molecule has 3 rings (SSSR count). The molecule has 1 aromatic heterocycles. The van der Waals surface area contributed by atoms with Gasteiger partial charge in [-0.1, -0.05) is 36.4 Å². The number of aliphatic hydroxyl groups is 1. The van der Waals surface area contributed by atoms with Crippen molar-refractivity contribution in [1.82, 2.24) is 15.5 Å². The Morgan fingerprint density at radius 2 is 1.96 bits per heavy atom. The highest BCUT2D eigenvalue weighted by atomic mass is 32.1. The van der Waals surface area contributed by atoms with Crippen LogP contribution in [0.4, 0.5) is 4.79 Å². The summed E-state index contributed by atoms with van der Waals surface area (Å²) in [4.78, 5) is 15.3. The quantitative estimate of drug-likeness (QED) is 0.743. The molecule has 5 nitrogen and oxygen atoms in total. The van der Waals surface area contributed by atoms with Gasteiger partial charge in [0.15, 0.2) is 0 Å². The van der Waals surface area contributed by atoms with Crippen LogP contribution >= 0.6 is 11.3 Å². The van der Waals surface area contributed by atoms with Gasteiger partial charge < -0.3 is 15.7 Å². The van der Waals surface area contributed by atoms with Crippen molar-refractivity contribution in [3.05, 3.63) is 58.3 Å². The van der Waals surface area contributed by atoms with Crippen LogP contribution in [0.15, 0.2) is 47.8 Å². The minimum Gasteiger partial charge on any atom is -0.386 e. The van der Waals surface area contributed by atoms with E-state index < -0.39 is 6.10 Å². The Balaban J connectivity index is 1.35. The van der Waals surface area contributed by atoms with Gasteiger partial charge in [0.2, 0.25) is 0 Å². The summed E-state index contributed by atoms with van der Waals surface area (Å²) in [5, 5.41) is 17.7. The maximum atomic E-state index is 12.0. The molecule has 1 aliphatic heterocycles. The lowest BCUT2D eigenvalue weighted by molar-refractivity contribution is 0.169. The first-order chi connectivity index (χ1) is 12.2. The molecular formula is C19H25N3O2S. The van der Waals surface area contributed by atoms with Crippen LogP contribution in [0.25, 0.3) is 0 Å². The van der Waals surface area contributed by atoms with Gasteiger partial charge in [0.05, 0.1) is 6.54 Å². The number of aliphatic hydroxyl groups excluding tert-OH is 1. The zero-order valence-electron chi connectivity index (χ0n) is 14.2. The van der Waals surface area contributed by atoms with E-state index >= 15 is 0 Å². The number of carbonyl (C=O) groups excluding carboxylic acids is 1. The lowest BCUT2D eigenvalue weighted by Crippen LogP contribution is -2.48. The van der Waals surface area contributed by atoms with Crippen molar-refractivity contribution in [3.8, 4) is 0 Å². The summed E-state index contributed by atoms with van der Waals surface area (Å²) >= 11 is 1.49. The second-order valence-corrected chi connectivity index (χ2v) is 7.40. The Morgan fingerprint density at radius 3 is 2.64 bits per heavy atom. The fourth-order valence-electron chi connectivity index (χ4n) is 3.08. The number of hydrogen-bond donors (Lipinski definition) is 3. The van der Waals surface area contributed by atoms with Crippen molar-refractivity contribution in [2.45, 2.75) is 31.5 Å². The number of carbonyl (C=O) groups is 1. The summed E-state index contributed by atoms with van der Waals surface area (Å²) in [6.07, 6.45) is 1.26. The molecule has 2 amide bonds. The molecule has 25 heavy (non-hydrogen) atoms. The van der Waals surface area contributed by atoms with Crippen molar-refractivity contribution in [1.29, 1.82) is 0 Å². The zero-order chi connectivity index (χ0) is 17.5. The Bertz CT molecular complexity index is 640. The molecule has 1 unspecified atom stereocenters. The van der Waals surface area contributed by atoms with Crippen molar-refractivity contribution in [2.24, 2.45) is 0 Å². The van der Waals surface area contributed by atoms with E-state index in [1.165, 1.54) is 16.9 Å². The molecule has 1 saturated heterocycles. The van der Waals surface area contributed by atoms with Gasteiger partial charge in [-0.3, -0.25) is 4.90 Å². The Labute approximate surface area is 152 Å². The fraction of sp³-hybridized carbons (Fsp3) is 0.421. The van der Waals surface area contributed by atoms with E-state index in [-0.39, 0.29) is 18.6 Å². The Hall–Kier alpha value is -1.89. The van der Waals surface area contributed by atoms with Crippen molar-refractivity contribution in [3.63, 3.8) is 0 Å². The van der Waals surface area contributed by atoms with Crippen molar-refractivity contribution < 1.29 is 9.90 Å². The Kier molecular flexibility index (Phi) is 6.44. The maximum Gasteiger partial charge on any atom is 0.315 e. The molecular weight excluding hydrogens is 334 g/mol. The van der Waals surface area contributed by atoms with Gasteiger partial charge >= 0.3 is 6.03 Å². The lowest BCUT2D eigenvalue weighted by atomic mass is 10.0. The molecule has 0 bridgehead atoms. The highest BCUT2D eigenvalue weighted by Gasteiger charge is 2.21. The third-order valence-electron chi connectivity index (χ3n) is 4.50. The van der Waals surface area contributed by atoms with Gasteiger partial charge in [-0.05, 0) is 29.9 Å². The molecule has 3 N–H and O–H groups in total. The number of amides is 2. The van der Waals surface area contributed by atoms with E-state index in [0.29, 0.717) is 0 Å². The second kappa shape index (κ2) is 8.99. The summed E-state index contributed by atoms with van der Waals surface area (Å²) in [7, 11) is 0. The lowest BCUT2D eigenvalue weighted by Gasteiger charge is -2.32. The van der Waals surface area contributed by atoms with Crippen LogP contribution in [0, 0.1) is 0 Å². The number of hydrogen-bond acceptors (Lipinski definition) is 4. The monoisotopic (exact) mass is 359 g/mol. The summed E-state index contributed by atoms with van der Waals surface area (Å²) in [5.74, 6) is 0. The van der Waals surface area contributed by atoms with Gasteiger partial charge in [0, 0.05) is 30.6 Å². The predicted molar refractivity (Wildman–Crippen MR) is 101 cm³/mol. The first-order valence-corrected chi connectivity index (χ1v) is 9.61. The van der Waals surface area contributed by atoms with Crippen molar-refractivity contribution in [2.75, 3.05) is 19.6 Å². The zero-order valence-corrected chi connectivity index (χ0v) is 15.0. The van der Waals surface area contributed by atoms with Crippen LogP contribution < -0.4 is 10.6 Å². The van der Waals surface area contributed by atoms with Crippen LogP contribution in [0.3, 0.4) is 0 Å².